The quantitative estimate of drug-likeness (QED) is 0.496. The lowest BCUT2D eigenvalue weighted by atomic mass is 10.1. The Morgan fingerprint density at radius 2 is 2.12 bits per heavy atom. The lowest BCUT2D eigenvalue weighted by Gasteiger charge is -2.12. The van der Waals surface area contributed by atoms with Crippen molar-refractivity contribution in [3.05, 3.63) is 29.3 Å². The molecule has 1 atom stereocenters. The number of amidine groups is 1. The maximum absolute atomic E-state index is 13.5. The fraction of sp³-hybridized carbons (Fsp3) is 0.364. The van der Waals surface area contributed by atoms with Gasteiger partial charge in [-0.05, 0) is 24.1 Å². The van der Waals surface area contributed by atoms with E-state index in [9.17, 15) is 8.78 Å². The Bertz CT molecular complexity index is 435. The van der Waals surface area contributed by atoms with Gasteiger partial charge < -0.3 is 11.5 Å². The Morgan fingerprint density at radius 1 is 1.47 bits per heavy atom. The lowest BCUT2D eigenvalue weighted by Crippen LogP contribution is -2.14. The van der Waals surface area contributed by atoms with Gasteiger partial charge in [0.25, 0.3) is 0 Å². The third-order valence-electron chi connectivity index (χ3n) is 2.18. The SMILES string of the molecule is CN=C(N)S[C@H](C)Cc1cc(N)cc(F)c1F. The molecule has 0 unspecified atom stereocenters. The van der Waals surface area contributed by atoms with Crippen molar-refractivity contribution >= 4 is 22.6 Å². The van der Waals surface area contributed by atoms with Crippen LogP contribution in [0, 0.1) is 11.6 Å². The number of hydrogen-bond donors (Lipinski definition) is 2. The number of benzene rings is 1. The first-order valence-corrected chi connectivity index (χ1v) is 5.94. The molecule has 1 aromatic rings. The summed E-state index contributed by atoms with van der Waals surface area (Å²) in [5.41, 5.74) is 11.5. The predicted molar refractivity (Wildman–Crippen MR) is 69.1 cm³/mol. The summed E-state index contributed by atoms with van der Waals surface area (Å²) in [6.07, 6.45) is 0.342. The molecule has 17 heavy (non-hydrogen) atoms. The summed E-state index contributed by atoms with van der Waals surface area (Å²) in [4.78, 5) is 3.79. The molecule has 0 saturated heterocycles. The minimum absolute atomic E-state index is 0.00519. The van der Waals surface area contributed by atoms with Gasteiger partial charge in [0, 0.05) is 18.0 Å². The van der Waals surface area contributed by atoms with Crippen molar-refractivity contribution in [2.24, 2.45) is 10.7 Å². The Balaban J connectivity index is 2.81. The smallest absolute Gasteiger partial charge is 0.162 e. The van der Waals surface area contributed by atoms with Gasteiger partial charge in [0.2, 0.25) is 0 Å². The molecule has 0 radical (unpaired) electrons. The van der Waals surface area contributed by atoms with Gasteiger partial charge in [0.1, 0.15) is 0 Å². The molecule has 0 amide bonds. The maximum atomic E-state index is 13.5. The Hall–Kier alpha value is -1.30. The second-order valence-corrected chi connectivity index (χ2v) is 5.13. The van der Waals surface area contributed by atoms with Crippen molar-refractivity contribution in [3.63, 3.8) is 0 Å². The van der Waals surface area contributed by atoms with Crippen LogP contribution in [0.2, 0.25) is 0 Å². The van der Waals surface area contributed by atoms with Crippen LogP contribution in [-0.4, -0.2) is 17.5 Å². The van der Waals surface area contributed by atoms with Crippen LogP contribution in [0.4, 0.5) is 14.5 Å². The Labute approximate surface area is 103 Å². The second kappa shape index (κ2) is 5.86. The van der Waals surface area contributed by atoms with Crippen LogP contribution in [0.15, 0.2) is 17.1 Å². The molecule has 4 N–H and O–H groups in total. The van der Waals surface area contributed by atoms with Gasteiger partial charge in [-0.2, -0.15) is 0 Å². The molecular formula is C11H15F2N3S. The van der Waals surface area contributed by atoms with E-state index in [-0.39, 0.29) is 16.5 Å². The molecule has 0 aromatic heterocycles. The second-order valence-electron chi connectivity index (χ2n) is 3.67. The average Bonchev–Trinajstić information content (AvgIpc) is 2.24. The molecule has 1 aromatic carbocycles. The number of nitrogen functional groups attached to an aromatic ring is 1. The van der Waals surface area contributed by atoms with Crippen molar-refractivity contribution in [2.45, 2.75) is 18.6 Å². The molecule has 0 saturated carbocycles. The summed E-state index contributed by atoms with van der Waals surface area (Å²) >= 11 is 1.31. The molecule has 1 rings (SSSR count). The van der Waals surface area contributed by atoms with Gasteiger partial charge >= 0.3 is 0 Å². The summed E-state index contributed by atoms with van der Waals surface area (Å²) in [5.74, 6) is -1.77. The van der Waals surface area contributed by atoms with E-state index >= 15 is 0 Å². The van der Waals surface area contributed by atoms with Crippen LogP contribution in [-0.2, 0) is 6.42 Å². The maximum Gasteiger partial charge on any atom is 0.162 e. The first-order valence-electron chi connectivity index (χ1n) is 5.06. The molecule has 0 aliphatic rings. The summed E-state index contributed by atoms with van der Waals surface area (Å²) < 4.78 is 26.6. The van der Waals surface area contributed by atoms with Crippen LogP contribution in [0.1, 0.15) is 12.5 Å². The number of aliphatic imine (C=N–C) groups is 1. The molecule has 0 spiro atoms. The van der Waals surface area contributed by atoms with E-state index in [1.165, 1.54) is 17.8 Å². The topological polar surface area (TPSA) is 64.4 Å². The highest BCUT2D eigenvalue weighted by molar-refractivity contribution is 8.14. The normalized spacial score (nSPS) is 13.8. The minimum Gasteiger partial charge on any atom is -0.399 e. The molecule has 0 bridgehead atoms. The fourth-order valence-corrected chi connectivity index (χ4v) is 2.21. The van der Waals surface area contributed by atoms with Crippen LogP contribution in [0.3, 0.4) is 0 Å². The van der Waals surface area contributed by atoms with Crippen LogP contribution < -0.4 is 11.5 Å². The zero-order chi connectivity index (χ0) is 13.0. The highest BCUT2D eigenvalue weighted by Crippen LogP contribution is 2.22. The summed E-state index contributed by atoms with van der Waals surface area (Å²) in [7, 11) is 1.58. The van der Waals surface area contributed by atoms with E-state index in [2.05, 4.69) is 4.99 Å². The van der Waals surface area contributed by atoms with Gasteiger partial charge in [-0.1, -0.05) is 18.7 Å². The highest BCUT2D eigenvalue weighted by atomic mass is 32.2. The van der Waals surface area contributed by atoms with Crippen molar-refractivity contribution < 1.29 is 8.78 Å². The molecule has 94 valence electrons. The van der Waals surface area contributed by atoms with E-state index in [0.29, 0.717) is 11.6 Å². The summed E-state index contributed by atoms with van der Waals surface area (Å²) in [6, 6.07) is 2.41. The van der Waals surface area contributed by atoms with E-state index in [4.69, 9.17) is 11.5 Å². The number of halogens is 2. The van der Waals surface area contributed by atoms with Crippen molar-refractivity contribution in [3.8, 4) is 0 Å². The van der Waals surface area contributed by atoms with Crippen molar-refractivity contribution in [1.82, 2.24) is 0 Å². The zero-order valence-corrected chi connectivity index (χ0v) is 10.5. The number of anilines is 1. The average molecular weight is 259 g/mol. The standard InChI is InChI=1S/C11H15F2N3S/c1-6(17-11(15)16-2)3-7-4-8(14)5-9(12)10(7)13/h4-6H,3,14H2,1-2H3,(H2,15,16)/t6-/m1/s1. The number of nitrogens with two attached hydrogens (primary N) is 2. The summed E-state index contributed by atoms with van der Waals surface area (Å²) in [5, 5.41) is 0.414. The molecule has 0 aliphatic heterocycles. The Kier molecular flexibility index (Phi) is 4.74. The van der Waals surface area contributed by atoms with E-state index < -0.39 is 11.6 Å². The molecule has 0 aliphatic carbocycles. The lowest BCUT2D eigenvalue weighted by molar-refractivity contribution is 0.499. The third kappa shape index (κ3) is 3.89. The zero-order valence-electron chi connectivity index (χ0n) is 9.71. The van der Waals surface area contributed by atoms with Crippen molar-refractivity contribution in [1.29, 1.82) is 0 Å². The monoisotopic (exact) mass is 259 g/mol. The van der Waals surface area contributed by atoms with Crippen LogP contribution in [0.25, 0.3) is 0 Å². The van der Waals surface area contributed by atoms with Gasteiger partial charge in [-0.15, -0.1) is 0 Å². The number of nitrogens with zero attached hydrogens (tertiary/aromatic N) is 1. The third-order valence-corrected chi connectivity index (χ3v) is 3.17. The first-order chi connectivity index (χ1) is 7.93. The van der Waals surface area contributed by atoms with E-state index in [1.807, 2.05) is 6.92 Å². The fourth-order valence-electron chi connectivity index (χ4n) is 1.43. The van der Waals surface area contributed by atoms with E-state index in [1.54, 1.807) is 7.05 Å². The Morgan fingerprint density at radius 3 is 2.71 bits per heavy atom. The molecule has 3 nitrogen and oxygen atoms in total. The first kappa shape index (κ1) is 13.8. The molecule has 0 fully saturated rings. The van der Waals surface area contributed by atoms with Gasteiger partial charge in [0.15, 0.2) is 16.8 Å². The van der Waals surface area contributed by atoms with Gasteiger partial charge in [0.05, 0.1) is 0 Å². The number of rotatable bonds is 3. The predicted octanol–water partition coefficient (Wildman–Crippen LogP) is 2.16. The van der Waals surface area contributed by atoms with Gasteiger partial charge in [-0.3, -0.25) is 4.99 Å². The molecular weight excluding hydrogens is 244 g/mol. The number of hydrogen-bond acceptors (Lipinski definition) is 3. The van der Waals surface area contributed by atoms with Crippen LogP contribution in [0.5, 0.6) is 0 Å². The highest BCUT2D eigenvalue weighted by Gasteiger charge is 2.14. The van der Waals surface area contributed by atoms with E-state index in [0.717, 1.165) is 6.07 Å². The number of thioether (sulfide) groups is 1. The molecule has 0 heterocycles. The summed E-state index contributed by atoms with van der Waals surface area (Å²) in [6.45, 7) is 1.86. The van der Waals surface area contributed by atoms with Gasteiger partial charge in [-0.25, -0.2) is 8.78 Å². The van der Waals surface area contributed by atoms with Crippen LogP contribution >= 0.6 is 11.8 Å². The largest absolute Gasteiger partial charge is 0.399 e. The molecule has 6 heteroatoms. The minimum atomic E-state index is -0.922. The van der Waals surface area contributed by atoms with Crippen molar-refractivity contribution in [2.75, 3.05) is 12.8 Å².